The van der Waals surface area contributed by atoms with E-state index in [1.54, 1.807) is 12.1 Å². The molecule has 3 aromatic rings. The Morgan fingerprint density at radius 3 is 2.94 bits per heavy atom. The Hall–Kier alpha value is -3.71. The van der Waals surface area contributed by atoms with Gasteiger partial charge in [0.2, 0.25) is 18.4 Å². The number of rotatable bonds is 6. The summed E-state index contributed by atoms with van der Waals surface area (Å²) in [4.78, 5) is 15.2. The highest BCUT2D eigenvalue weighted by Gasteiger charge is 2.28. The van der Waals surface area contributed by atoms with Crippen molar-refractivity contribution in [3.8, 4) is 17.3 Å². The molecule has 180 valence electrons. The number of carbonyl (C=O) groups excluding carboxylic acids is 1. The van der Waals surface area contributed by atoms with Crippen molar-refractivity contribution < 1.29 is 18.9 Å². The maximum absolute atomic E-state index is 12.9. The van der Waals surface area contributed by atoms with Crippen molar-refractivity contribution in [3.63, 3.8) is 0 Å². The highest BCUT2D eigenvalue weighted by atomic mass is 35.5. The van der Waals surface area contributed by atoms with E-state index in [-0.39, 0.29) is 36.5 Å². The Bertz CT molecular complexity index is 1190. The van der Waals surface area contributed by atoms with Crippen LogP contribution >= 0.6 is 12.4 Å². The number of likely N-dealkylation sites (tertiary alicyclic amines) is 1. The van der Waals surface area contributed by atoms with Gasteiger partial charge in [0, 0.05) is 12.6 Å². The standard InChI is InChI=1S/C20H23N9O4.ClH/c1-12-4-2-3-7-28(12)10-14-17(23-27-29(14)19-18(21)25-33-26-19)20(30)24-22-9-13-5-6-15-16(8-13)32-11-31-15;/h5-6,8-9,12H,2-4,7,10-11H2,1H3,(H2,21,25)(H,24,30);1H/b22-9-;. The lowest BCUT2D eigenvalue weighted by molar-refractivity contribution is 0.0945. The molecule has 1 aromatic carbocycles. The lowest BCUT2D eigenvalue weighted by Crippen LogP contribution is -2.38. The van der Waals surface area contributed by atoms with Crippen LogP contribution in [-0.2, 0) is 6.54 Å². The molecule has 4 heterocycles. The van der Waals surface area contributed by atoms with Crippen LogP contribution in [0.15, 0.2) is 27.9 Å². The molecule has 0 saturated carbocycles. The van der Waals surface area contributed by atoms with E-state index in [0.29, 0.717) is 29.8 Å². The van der Waals surface area contributed by atoms with Gasteiger partial charge in [0.15, 0.2) is 17.2 Å². The van der Waals surface area contributed by atoms with Crippen LogP contribution in [0.25, 0.3) is 5.82 Å². The molecule has 14 heteroatoms. The number of nitrogens with zero attached hydrogens (tertiary/aromatic N) is 7. The fourth-order valence-corrected chi connectivity index (χ4v) is 3.92. The number of anilines is 1. The highest BCUT2D eigenvalue weighted by molar-refractivity contribution is 5.94. The lowest BCUT2D eigenvalue weighted by atomic mass is 10.0. The summed E-state index contributed by atoms with van der Waals surface area (Å²) in [6, 6.07) is 5.72. The smallest absolute Gasteiger partial charge is 0.293 e. The predicted octanol–water partition coefficient (Wildman–Crippen LogP) is 1.52. The average molecular weight is 490 g/mol. The molecule has 2 aromatic heterocycles. The third-order valence-corrected chi connectivity index (χ3v) is 5.74. The Labute approximate surface area is 200 Å². The number of nitrogen functional groups attached to an aromatic ring is 1. The number of hydrazone groups is 1. The fraction of sp³-hybridized carbons (Fsp3) is 0.400. The number of aromatic nitrogens is 5. The predicted molar refractivity (Wildman–Crippen MR) is 122 cm³/mol. The first-order valence-electron chi connectivity index (χ1n) is 10.6. The first-order valence-corrected chi connectivity index (χ1v) is 10.6. The topological polar surface area (TPSA) is 159 Å². The number of ether oxygens (including phenoxy) is 2. The number of benzene rings is 1. The Kier molecular flexibility index (Phi) is 6.93. The minimum atomic E-state index is -0.507. The summed E-state index contributed by atoms with van der Waals surface area (Å²) in [6.45, 7) is 3.69. The van der Waals surface area contributed by atoms with Crippen molar-refractivity contribution in [2.45, 2.75) is 38.8 Å². The third-order valence-electron chi connectivity index (χ3n) is 5.74. The number of hydrogen-bond donors (Lipinski definition) is 2. The quantitative estimate of drug-likeness (QED) is 0.384. The number of carbonyl (C=O) groups is 1. The zero-order valence-corrected chi connectivity index (χ0v) is 19.2. The zero-order valence-electron chi connectivity index (χ0n) is 18.4. The number of nitrogens with one attached hydrogen (secondary N) is 1. The molecule has 34 heavy (non-hydrogen) atoms. The van der Waals surface area contributed by atoms with E-state index in [0.717, 1.165) is 24.9 Å². The summed E-state index contributed by atoms with van der Waals surface area (Å²) in [7, 11) is 0. The largest absolute Gasteiger partial charge is 0.454 e. The van der Waals surface area contributed by atoms with Gasteiger partial charge in [-0.05, 0) is 60.4 Å². The Morgan fingerprint density at radius 1 is 1.29 bits per heavy atom. The van der Waals surface area contributed by atoms with Crippen molar-refractivity contribution in [1.82, 2.24) is 35.6 Å². The van der Waals surface area contributed by atoms with Crippen molar-refractivity contribution >= 4 is 30.3 Å². The maximum atomic E-state index is 12.9. The molecule has 1 fully saturated rings. The minimum Gasteiger partial charge on any atom is -0.454 e. The summed E-state index contributed by atoms with van der Waals surface area (Å²) in [5.74, 6) is 1.04. The van der Waals surface area contributed by atoms with Crippen molar-refractivity contribution in [2.75, 3.05) is 19.1 Å². The van der Waals surface area contributed by atoms with Gasteiger partial charge in [-0.1, -0.05) is 11.6 Å². The number of nitrogens with two attached hydrogens (primary N) is 1. The van der Waals surface area contributed by atoms with Gasteiger partial charge in [-0.2, -0.15) is 9.78 Å². The lowest BCUT2D eigenvalue weighted by Gasteiger charge is -2.33. The SMILES string of the molecule is CC1CCCCN1Cc1c(C(=O)N/N=C\c2ccc3c(c2)OCO3)nnn1-c1nonc1N.Cl. The molecular weight excluding hydrogens is 466 g/mol. The van der Waals surface area contributed by atoms with Crippen LogP contribution in [0.2, 0.25) is 0 Å². The maximum Gasteiger partial charge on any atom is 0.293 e. The zero-order chi connectivity index (χ0) is 22.8. The van der Waals surface area contributed by atoms with E-state index in [9.17, 15) is 4.79 Å². The number of hydrogen-bond acceptors (Lipinski definition) is 11. The van der Waals surface area contributed by atoms with E-state index >= 15 is 0 Å². The van der Waals surface area contributed by atoms with Gasteiger partial charge in [0.05, 0.1) is 11.9 Å². The molecule has 0 radical (unpaired) electrons. The van der Waals surface area contributed by atoms with E-state index in [1.807, 2.05) is 6.07 Å². The molecule has 1 unspecified atom stereocenters. The molecule has 13 nitrogen and oxygen atoms in total. The molecule has 2 aliphatic rings. The van der Waals surface area contributed by atoms with Crippen LogP contribution in [0.4, 0.5) is 5.82 Å². The van der Waals surface area contributed by atoms with Gasteiger partial charge in [0.1, 0.15) is 0 Å². The van der Waals surface area contributed by atoms with E-state index in [2.05, 4.69) is 43.0 Å². The normalized spacial score (nSPS) is 17.6. The average Bonchev–Trinajstić information content (AvgIpc) is 3.54. The summed E-state index contributed by atoms with van der Waals surface area (Å²) in [5.41, 5.74) is 9.76. The number of fused-ring (bicyclic) bond motifs is 1. The third kappa shape index (κ3) is 4.65. The molecule has 0 spiro atoms. The molecular formula is C20H24ClN9O4. The molecule has 0 aliphatic carbocycles. The van der Waals surface area contributed by atoms with Crippen molar-refractivity contribution in [3.05, 3.63) is 35.2 Å². The van der Waals surface area contributed by atoms with Crippen LogP contribution in [0.1, 0.15) is 47.9 Å². The summed E-state index contributed by atoms with van der Waals surface area (Å²) in [6.07, 6.45) is 4.85. The molecule has 5 rings (SSSR count). The van der Waals surface area contributed by atoms with E-state index in [4.69, 9.17) is 19.8 Å². The van der Waals surface area contributed by atoms with Crippen LogP contribution in [-0.4, -0.2) is 61.7 Å². The Balaban J connectivity index is 0.00000274. The van der Waals surface area contributed by atoms with Crippen LogP contribution in [0.5, 0.6) is 11.5 Å². The van der Waals surface area contributed by atoms with E-state index in [1.165, 1.54) is 17.3 Å². The minimum absolute atomic E-state index is 0. The summed E-state index contributed by atoms with van der Waals surface area (Å²) in [5, 5.41) is 19.6. The molecule has 1 atom stereocenters. The van der Waals surface area contributed by atoms with Gasteiger partial charge in [-0.25, -0.2) is 10.1 Å². The Morgan fingerprint density at radius 2 is 2.15 bits per heavy atom. The molecule has 2 aliphatic heterocycles. The van der Waals surface area contributed by atoms with Gasteiger partial charge in [-0.3, -0.25) is 9.69 Å². The number of piperidine rings is 1. The second-order valence-electron chi connectivity index (χ2n) is 7.90. The first kappa shape index (κ1) is 23.4. The van der Waals surface area contributed by atoms with Gasteiger partial charge in [0.25, 0.3) is 5.91 Å². The highest BCUT2D eigenvalue weighted by Crippen LogP contribution is 2.32. The monoisotopic (exact) mass is 489 g/mol. The second-order valence-corrected chi connectivity index (χ2v) is 7.90. The van der Waals surface area contributed by atoms with Crippen molar-refractivity contribution in [2.24, 2.45) is 5.10 Å². The first-order chi connectivity index (χ1) is 16.1. The van der Waals surface area contributed by atoms with Crippen LogP contribution in [0.3, 0.4) is 0 Å². The fourth-order valence-electron chi connectivity index (χ4n) is 3.92. The molecule has 1 saturated heterocycles. The number of amides is 1. The summed E-state index contributed by atoms with van der Waals surface area (Å²) >= 11 is 0. The van der Waals surface area contributed by atoms with Gasteiger partial charge >= 0.3 is 0 Å². The molecule has 0 bridgehead atoms. The van der Waals surface area contributed by atoms with Crippen LogP contribution < -0.4 is 20.6 Å². The number of halogens is 1. The molecule has 3 N–H and O–H groups in total. The summed E-state index contributed by atoms with van der Waals surface area (Å²) < 4.78 is 16.8. The van der Waals surface area contributed by atoms with E-state index < -0.39 is 5.91 Å². The van der Waals surface area contributed by atoms with Crippen LogP contribution in [0, 0.1) is 0 Å². The van der Waals surface area contributed by atoms with Gasteiger partial charge in [-0.15, -0.1) is 17.5 Å². The van der Waals surface area contributed by atoms with Gasteiger partial charge < -0.3 is 15.2 Å². The second kappa shape index (κ2) is 10.1. The molecule has 1 amide bonds. The van der Waals surface area contributed by atoms with Crippen molar-refractivity contribution in [1.29, 1.82) is 0 Å².